The topological polar surface area (TPSA) is 69.7 Å². The molecule has 1 saturated carbocycles. The first-order chi connectivity index (χ1) is 12.4. The average molecular weight is 400 g/mol. The predicted octanol–water partition coefficient (Wildman–Crippen LogP) is 2.93. The minimum absolute atomic E-state index is 0.0800. The molecule has 1 aliphatic heterocycles. The molecule has 1 aliphatic carbocycles. The summed E-state index contributed by atoms with van der Waals surface area (Å²) >= 11 is 5.91. The Morgan fingerprint density at radius 1 is 1.15 bits per heavy atom. The van der Waals surface area contributed by atoms with Crippen molar-refractivity contribution in [3.05, 3.63) is 29.3 Å². The number of nitrogens with zero attached hydrogens (tertiary/aromatic N) is 2. The molecule has 2 fully saturated rings. The molecule has 2 amide bonds. The van der Waals surface area contributed by atoms with Crippen LogP contribution in [0.15, 0.2) is 29.2 Å². The molecule has 2 aliphatic rings. The number of sulfonamides is 1. The van der Waals surface area contributed by atoms with Crippen molar-refractivity contribution < 1.29 is 13.2 Å². The van der Waals surface area contributed by atoms with Crippen molar-refractivity contribution in [3.8, 4) is 0 Å². The van der Waals surface area contributed by atoms with Crippen LogP contribution in [0, 0.1) is 5.92 Å². The van der Waals surface area contributed by atoms with Gasteiger partial charge in [0.2, 0.25) is 10.0 Å². The smallest absolute Gasteiger partial charge is 0.317 e. The Hall–Kier alpha value is -1.31. The van der Waals surface area contributed by atoms with E-state index in [-0.39, 0.29) is 17.0 Å². The molecule has 1 aromatic rings. The van der Waals surface area contributed by atoms with Crippen LogP contribution in [0.4, 0.5) is 4.79 Å². The van der Waals surface area contributed by atoms with E-state index in [4.69, 9.17) is 11.6 Å². The number of benzene rings is 1. The van der Waals surface area contributed by atoms with Gasteiger partial charge in [-0.25, -0.2) is 13.2 Å². The fourth-order valence-corrected chi connectivity index (χ4v) is 5.41. The lowest BCUT2D eigenvalue weighted by molar-refractivity contribution is 0.161. The summed E-state index contributed by atoms with van der Waals surface area (Å²) in [5.74, 6) is 0.497. The van der Waals surface area contributed by atoms with Crippen LogP contribution in [0.5, 0.6) is 0 Å². The highest BCUT2D eigenvalue weighted by molar-refractivity contribution is 7.89. The maximum absolute atomic E-state index is 12.7. The summed E-state index contributed by atoms with van der Waals surface area (Å²) in [5, 5.41) is 3.53. The first kappa shape index (κ1) is 19.5. The fraction of sp³-hybridized carbons (Fsp3) is 0.611. The summed E-state index contributed by atoms with van der Waals surface area (Å²) in [6.45, 7) is 3.56. The summed E-state index contributed by atoms with van der Waals surface area (Å²) in [5.41, 5.74) is 0. The Morgan fingerprint density at radius 2 is 1.85 bits per heavy atom. The summed E-state index contributed by atoms with van der Waals surface area (Å²) < 4.78 is 26.9. The molecule has 0 bridgehead atoms. The minimum Gasteiger partial charge on any atom is -0.335 e. The lowest BCUT2D eigenvalue weighted by atomic mass is 9.86. The number of rotatable bonds is 3. The number of nitrogens with one attached hydrogen (secondary N) is 1. The van der Waals surface area contributed by atoms with Gasteiger partial charge in [-0.2, -0.15) is 4.31 Å². The average Bonchev–Trinajstić information content (AvgIpc) is 2.63. The summed E-state index contributed by atoms with van der Waals surface area (Å²) in [6, 6.07) is 6.43. The van der Waals surface area contributed by atoms with Gasteiger partial charge in [0.25, 0.3) is 0 Å². The van der Waals surface area contributed by atoms with Crippen molar-refractivity contribution in [2.24, 2.45) is 5.92 Å². The number of hydrogen-bond donors (Lipinski definition) is 1. The van der Waals surface area contributed by atoms with Gasteiger partial charge in [-0.05, 0) is 37.0 Å². The molecular formula is C18H26ClN3O3S. The Balaban J connectivity index is 1.57. The molecule has 3 rings (SSSR count). The zero-order chi connectivity index (χ0) is 18.7. The Kier molecular flexibility index (Phi) is 6.10. The highest BCUT2D eigenvalue weighted by atomic mass is 35.5. The number of carbonyl (C=O) groups is 1. The van der Waals surface area contributed by atoms with Crippen LogP contribution in [0.1, 0.15) is 32.6 Å². The van der Waals surface area contributed by atoms with E-state index < -0.39 is 10.0 Å². The summed E-state index contributed by atoms with van der Waals surface area (Å²) in [7, 11) is -3.58. The zero-order valence-electron chi connectivity index (χ0n) is 15.0. The van der Waals surface area contributed by atoms with Gasteiger partial charge in [0.05, 0.1) is 4.90 Å². The van der Waals surface area contributed by atoms with Gasteiger partial charge in [0.1, 0.15) is 0 Å². The maximum Gasteiger partial charge on any atom is 0.317 e. The normalized spacial score (nSPS) is 25.1. The second-order valence-electron chi connectivity index (χ2n) is 7.17. The fourth-order valence-electron chi connectivity index (χ4n) is 3.69. The van der Waals surface area contributed by atoms with Crippen LogP contribution in [0.3, 0.4) is 0 Å². The molecule has 6 nitrogen and oxygen atoms in total. The van der Waals surface area contributed by atoms with Gasteiger partial charge in [-0.3, -0.25) is 0 Å². The minimum atomic E-state index is -3.58. The Labute approximate surface area is 160 Å². The zero-order valence-corrected chi connectivity index (χ0v) is 16.6. The van der Waals surface area contributed by atoms with Crippen molar-refractivity contribution >= 4 is 27.7 Å². The Morgan fingerprint density at radius 3 is 2.50 bits per heavy atom. The quantitative estimate of drug-likeness (QED) is 0.849. The van der Waals surface area contributed by atoms with Crippen LogP contribution in [-0.4, -0.2) is 55.9 Å². The van der Waals surface area contributed by atoms with Crippen LogP contribution in [-0.2, 0) is 10.0 Å². The summed E-state index contributed by atoms with van der Waals surface area (Å²) in [4.78, 5) is 14.4. The monoisotopic (exact) mass is 399 g/mol. The van der Waals surface area contributed by atoms with E-state index in [0.717, 1.165) is 19.3 Å². The number of hydrogen-bond acceptors (Lipinski definition) is 3. The molecule has 0 spiro atoms. The van der Waals surface area contributed by atoms with E-state index in [1.807, 2.05) is 0 Å². The van der Waals surface area contributed by atoms with Crippen LogP contribution in [0.2, 0.25) is 5.02 Å². The predicted molar refractivity (Wildman–Crippen MR) is 102 cm³/mol. The summed E-state index contributed by atoms with van der Waals surface area (Å²) in [6.07, 6.45) is 4.56. The lowest BCUT2D eigenvalue weighted by Gasteiger charge is -2.36. The molecule has 1 saturated heterocycles. The SMILES string of the molecule is CC1CCCCC1NC(=O)N1CCN(S(=O)(=O)c2cccc(Cl)c2)CC1. The second kappa shape index (κ2) is 8.15. The molecule has 2 atom stereocenters. The third-order valence-electron chi connectivity index (χ3n) is 5.38. The van der Waals surface area contributed by atoms with Gasteiger partial charge >= 0.3 is 6.03 Å². The van der Waals surface area contributed by atoms with E-state index in [1.165, 1.54) is 16.8 Å². The van der Waals surface area contributed by atoms with Crippen molar-refractivity contribution in [3.63, 3.8) is 0 Å². The van der Waals surface area contributed by atoms with Gasteiger partial charge in [0, 0.05) is 37.2 Å². The van der Waals surface area contributed by atoms with Gasteiger partial charge in [-0.1, -0.05) is 37.4 Å². The molecule has 2 unspecified atom stereocenters. The van der Waals surface area contributed by atoms with Crippen molar-refractivity contribution in [2.45, 2.75) is 43.5 Å². The maximum atomic E-state index is 12.7. The molecule has 144 valence electrons. The second-order valence-corrected chi connectivity index (χ2v) is 9.54. The number of urea groups is 1. The molecule has 0 radical (unpaired) electrons. The van der Waals surface area contributed by atoms with Crippen LogP contribution in [0.25, 0.3) is 0 Å². The standard InChI is InChI=1S/C18H26ClN3O3S/c1-14-5-2-3-8-17(14)20-18(23)21-9-11-22(12-10-21)26(24,25)16-7-4-6-15(19)13-16/h4,6-7,13-14,17H,2-3,5,8-12H2,1H3,(H,20,23). The molecule has 0 aromatic heterocycles. The molecule has 1 N–H and O–H groups in total. The molecule has 1 aromatic carbocycles. The number of piperazine rings is 1. The number of amides is 2. The molecule has 26 heavy (non-hydrogen) atoms. The van der Waals surface area contributed by atoms with E-state index in [2.05, 4.69) is 12.2 Å². The van der Waals surface area contributed by atoms with Crippen LogP contribution >= 0.6 is 11.6 Å². The third kappa shape index (κ3) is 4.32. The van der Waals surface area contributed by atoms with Crippen LogP contribution < -0.4 is 5.32 Å². The molecular weight excluding hydrogens is 374 g/mol. The largest absolute Gasteiger partial charge is 0.335 e. The first-order valence-electron chi connectivity index (χ1n) is 9.19. The van der Waals surface area contributed by atoms with Crippen molar-refractivity contribution in [1.29, 1.82) is 0 Å². The Bertz CT molecular complexity index is 748. The molecule has 8 heteroatoms. The highest BCUT2D eigenvalue weighted by Gasteiger charge is 2.31. The van der Waals surface area contributed by atoms with Gasteiger partial charge < -0.3 is 10.2 Å². The van der Waals surface area contributed by atoms with E-state index in [0.29, 0.717) is 37.1 Å². The number of carbonyl (C=O) groups excluding carboxylic acids is 1. The molecule has 1 heterocycles. The van der Waals surface area contributed by atoms with E-state index in [1.54, 1.807) is 23.1 Å². The highest BCUT2D eigenvalue weighted by Crippen LogP contribution is 2.24. The first-order valence-corrected chi connectivity index (χ1v) is 11.0. The van der Waals surface area contributed by atoms with Gasteiger partial charge in [0.15, 0.2) is 0 Å². The van der Waals surface area contributed by atoms with Gasteiger partial charge in [-0.15, -0.1) is 0 Å². The van der Waals surface area contributed by atoms with E-state index >= 15 is 0 Å². The van der Waals surface area contributed by atoms with Crippen molar-refractivity contribution in [2.75, 3.05) is 26.2 Å². The third-order valence-corrected chi connectivity index (χ3v) is 7.51. The number of halogens is 1. The van der Waals surface area contributed by atoms with Crippen molar-refractivity contribution in [1.82, 2.24) is 14.5 Å². The lowest BCUT2D eigenvalue weighted by Crippen LogP contribution is -2.55. The van der Waals surface area contributed by atoms with E-state index in [9.17, 15) is 13.2 Å².